The smallest absolute Gasteiger partial charge is 0.238 e. The standard InChI is InChI=1S/C12H16Cl2N2O3S/c1-6(2)7(3)12(17)16-11-9(13)4-8(5-10(11)14)20(15,18)19/h4-7H,1-3H3,(H,16,17)(H2,15,18,19). The molecule has 1 aromatic carbocycles. The van der Waals surface area contributed by atoms with Crippen LogP contribution in [0, 0.1) is 11.8 Å². The molecule has 112 valence electrons. The summed E-state index contributed by atoms with van der Waals surface area (Å²) < 4.78 is 22.5. The van der Waals surface area contributed by atoms with Gasteiger partial charge in [-0.3, -0.25) is 4.79 Å². The van der Waals surface area contributed by atoms with Crippen molar-refractivity contribution in [1.29, 1.82) is 0 Å². The molecule has 0 fully saturated rings. The van der Waals surface area contributed by atoms with Crippen molar-refractivity contribution < 1.29 is 13.2 Å². The number of halogens is 2. The Hall–Kier alpha value is -0.820. The van der Waals surface area contributed by atoms with Gasteiger partial charge in [0.15, 0.2) is 0 Å². The quantitative estimate of drug-likeness (QED) is 0.884. The van der Waals surface area contributed by atoms with Gasteiger partial charge in [-0.25, -0.2) is 13.6 Å². The van der Waals surface area contributed by atoms with Gasteiger partial charge in [0.25, 0.3) is 0 Å². The summed E-state index contributed by atoms with van der Waals surface area (Å²) in [6, 6.07) is 2.30. The number of amides is 1. The van der Waals surface area contributed by atoms with Crippen molar-refractivity contribution in [2.24, 2.45) is 17.0 Å². The molecule has 20 heavy (non-hydrogen) atoms. The average molecular weight is 339 g/mol. The van der Waals surface area contributed by atoms with Crippen molar-refractivity contribution in [1.82, 2.24) is 0 Å². The third-order valence-corrected chi connectivity index (χ3v) is 4.49. The van der Waals surface area contributed by atoms with Crippen LogP contribution in [0.15, 0.2) is 17.0 Å². The monoisotopic (exact) mass is 338 g/mol. The van der Waals surface area contributed by atoms with E-state index in [4.69, 9.17) is 28.3 Å². The van der Waals surface area contributed by atoms with Gasteiger partial charge in [-0.15, -0.1) is 0 Å². The first kappa shape index (κ1) is 17.2. The van der Waals surface area contributed by atoms with E-state index in [1.165, 1.54) is 0 Å². The Morgan fingerprint density at radius 2 is 1.65 bits per heavy atom. The van der Waals surface area contributed by atoms with Crippen LogP contribution in [0.3, 0.4) is 0 Å². The van der Waals surface area contributed by atoms with Crippen molar-refractivity contribution in [3.8, 4) is 0 Å². The van der Waals surface area contributed by atoms with Crippen molar-refractivity contribution in [2.45, 2.75) is 25.7 Å². The highest BCUT2D eigenvalue weighted by atomic mass is 35.5. The van der Waals surface area contributed by atoms with E-state index in [-0.39, 0.29) is 38.4 Å². The fraction of sp³-hybridized carbons (Fsp3) is 0.417. The highest BCUT2D eigenvalue weighted by Crippen LogP contribution is 2.33. The lowest BCUT2D eigenvalue weighted by Crippen LogP contribution is -2.24. The second-order valence-electron chi connectivity index (χ2n) is 4.83. The van der Waals surface area contributed by atoms with E-state index in [2.05, 4.69) is 5.32 Å². The van der Waals surface area contributed by atoms with Crippen LogP contribution < -0.4 is 10.5 Å². The molecule has 0 aliphatic carbocycles. The zero-order chi connectivity index (χ0) is 15.7. The fourth-order valence-electron chi connectivity index (χ4n) is 1.37. The van der Waals surface area contributed by atoms with Crippen LogP contribution in [0.5, 0.6) is 0 Å². The van der Waals surface area contributed by atoms with E-state index in [1.807, 2.05) is 13.8 Å². The van der Waals surface area contributed by atoms with Crippen LogP contribution in [0.25, 0.3) is 0 Å². The first-order valence-electron chi connectivity index (χ1n) is 5.86. The summed E-state index contributed by atoms with van der Waals surface area (Å²) in [5.74, 6) is -0.330. The van der Waals surface area contributed by atoms with E-state index < -0.39 is 10.0 Å². The van der Waals surface area contributed by atoms with Gasteiger partial charge < -0.3 is 5.32 Å². The van der Waals surface area contributed by atoms with E-state index in [0.29, 0.717) is 0 Å². The largest absolute Gasteiger partial charge is 0.323 e. The topological polar surface area (TPSA) is 89.3 Å². The number of rotatable bonds is 4. The van der Waals surface area contributed by atoms with Crippen LogP contribution in [0.2, 0.25) is 10.0 Å². The molecule has 0 heterocycles. The van der Waals surface area contributed by atoms with Crippen LogP contribution in [0.4, 0.5) is 5.69 Å². The van der Waals surface area contributed by atoms with Crippen molar-refractivity contribution in [3.05, 3.63) is 22.2 Å². The lowest BCUT2D eigenvalue weighted by atomic mass is 9.97. The van der Waals surface area contributed by atoms with Crippen LogP contribution >= 0.6 is 23.2 Å². The zero-order valence-corrected chi connectivity index (χ0v) is 13.6. The number of nitrogens with two attached hydrogens (primary N) is 1. The summed E-state index contributed by atoms with van der Waals surface area (Å²) in [4.78, 5) is 11.8. The van der Waals surface area contributed by atoms with Gasteiger partial charge >= 0.3 is 0 Å². The van der Waals surface area contributed by atoms with Gasteiger partial charge in [0.2, 0.25) is 15.9 Å². The van der Waals surface area contributed by atoms with Gasteiger partial charge in [-0.05, 0) is 18.1 Å². The molecule has 8 heteroatoms. The lowest BCUT2D eigenvalue weighted by molar-refractivity contribution is -0.120. The first-order chi connectivity index (χ1) is 9.04. The second kappa shape index (κ2) is 6.30. The number of hydrogen-bond acceptors (Lipinski definition) is 3. The Kier molecular flexibility index (Phi) is 5.43. The molecule has 0 aliphatic rings. The molecule has 1 rings (SSSR count). The molecular formula is C12H16Cl2N2O3S. The van der Waals surface area contributed by atoms with Crippen molar-refractivity contribution in [3.63, 3.8) is 0 Å². The van der Waals surface area contributed by atoms with E-state index in [9.17, 15) is 13.2 Å². The van der Waals surface area contributed by atoms with Gasteiger partial charge in [0.1, 0.15) is 0 Å². The fourth-order valence-corrected chi connectivity index (χ4v) is 2.65. The summed E-state index contributed by atoms with van der Waals surface area (Å²) >= 11 is 11.9. The number of primary sulfonamides is 1. The molecule has 3 N–H and O–H groups in total. The summed E-state index contributed by atoms with van der Waals surface area (Å²) in [6.07, 6.45) is 0. The number of nitrogens with one attached hydrogen (secondary N) is 1. The number of benzene rings is 1. The minimum absolute atomic E-state index is 0.0193. The van der Waals surface area contributed by atoms with Crippen LogP contribution in [-0.4, -0.2) is 14.3 Å². The Morgan fingerprint density at radius 3 is 2.00 bits per heavy atom. The maximum atomic E-state index is 12.0. The number of sulfonamides is 1. The molecule has 1 unspecified atom stereocenters. The summed E-state index contributed by atoms with van der Waals surface area (Å²) in [7, 11) is -3.90. The van der Waals surface area contributed by atoms with E-state index in [1.54, 1.807) is 6.92 Å². The highest BCUT2D eigenvalue weighted by molar-refractivity contribution is 7.89. The third kappa shape index (κ3) is 4.09. The minimum Gasteiger partial charge on any atom is -0.323 e. The third-order valence-electron chi connectivity index (χ3n) is 3.01. The molecule has 5 nitrogen and oxygen atoms in total. The predicted octanol–water partition coefficient (Wildman–Crippen LogP) is 2.87. The predicted molar refractivity (Wildman–Crippen MR) is 80.5 cm³/mol. The zero-order valence-electron chi connectivity index (χ0n) is 11.3. The molecule has 0 saturated carbocycles. The van der Waals surface area contributed by atoms with Gasteiger partial charge in [0.05, 0.1) is 20.6 Å². The Bertz CT molecular complexity index is 607. The normalized spacial score (nSPS) is 13.3. The summed E-state index contributed by atoms with van der Waals surface area (Å²) in [6.45, 7) is 5.61. The number of hydrogen-bond donors (Lipinski definition) is 2. The molecule has 0 radical (unpaired) electrons. The summed E-state index contributed by atoms with van der Waals surface area (Å²) in [5.41, 5.74) is 0.179. The molecule has 0 bridgehead atoms. The van der Waals surface area contributed by atoms with Crippen molar-refractivity contribution >= 4 is 44.8 Å². The van der Waals surface area contributed by atoms with Gasteiger partial charge in [-0.1, -0.05) is 44.0 Å². The Morgan fingerprint density at radius 1 is 1.20 bits per heavy atom. The maximum Gasteiger partial charge on any atom is 0.238 e. The SMILES string of the molecule is CC(C)C(C)C(=O)Nc1c(Cl)cc(S(N)(=O)=O)cc1Cl. The van der Waals surface area contributed by atoms with E-state index >= 15 is 0 Å². The Balaban J connectivity index is 3.13. The first-order valence-corrected chi connectivity index (χ1v) is 8.17. The number of carbonyl (C=O) groups excluding carboxylic acids is 1. The van der Waals surface area contributed by atoms with Crippen LogP contribution in [0.1, 0.15) is 20.8 Å². The summed E-state index contributed by atoms with van der Waals surface area (Å²) in [5, 5.41) is 7.64. The van der Waals surface area contributed by atoms with E-state index in [0.717, 1.165) is 12.1 Å². The number of carbonyl (C=O) groups is 1. The van der Waals surface area contributed by atoms with Crippen LogP contribution in [-0.2, 0) is 14.8 Å². The molecule has 1 atom stereocenters. The second-order valence-corrected chi connectivity index (χ2v) is 7.20. The minimum atomic E-state index is -3.90. The molecule has 0 spiro atoms. The molecular weight excluding hydrogens is 323 g/mol. The van der Waals surface area contributed by atoms with Gasteiger partial charge in [-0.2, -0.15) is 0 Å². The highest BCUT2D eigenvalue weighted by Gasteiger charge is 2.20. The molecule has 0 aromatic heterocycles. The molecule has 0 saturated heterocycles. The molecule has 0 aliphatic heterocycles. The lowest BCUT2D eigenvalue weighted by Gasteiger charge is -2.17. The molecule has 1 amide bonds. The van der Waals surface area contributed by atoms with Crippen molar-refractivity contribution in [2.75, 3.05) is 5.32 Å². The average Bonchev–Trinajstić information content (AvgIpc) is 2.30. The maximum absolute atomic E-state index is 12.0. The Labute approximate surface area is 128 Å². The van der Waals surface area contributed by atoms with Gasteiger partial charge in [0, 0.05) is 5.92 Å². The molecule has 1 aromatic rings. The number of anilines is 1.